The average molecular weight is 594 g/mol. The van der Waals surface area contributed by atoms with E-state index in [1.807, 2.05) is 25.3 Å². The quantitative estimate of drug-likeness (QED) is 0.164. The van der Waals surface area contributed by atoms with Crippen molar-refractivity contribution in [2.75, 3.05) is 11.9 Å². The maximum Gasteiger partial charge on any atom is 0.175 e. The van der Waals surface area contributed by atoms with Gasteiger partial charge >= 0.3 is 0 Å². The fraction of sp³-hybridized carbons (Fsp3) is 0.229. The lowest BCUT2D eigenvalue weighted by molar-refractivity contribution is 0.267. The van der Waals surface area contributed by atoms with Crippen LogP contribution in [0.15, 0.2) is 107 Å². The molecular weight excluding hydrogens is 560 g/mol. The Morgan fingerprint density at radius 2 is 1.77 bits per heavy atom. The van der Waals surface area contributed by atoms with E-state index in [0.717, 1.165) is 27.7 Å². The minimum atomic E-state index is 0.282. The first-order valence-corrected chi connectivity index (χ1v) is 14.7. The van der Waals surface area contributed by atoms with Crippen LogP contribution in [0.2, 0.25) is 0 Å². The smallest absolute Gasteiger partial charge is 0.175 e. The number of hydrogen-bond donors (Lipinski definition) is 1. The van der Waals surface area contributed by atoms with E-state index >= 15 is 0 Å². The van der Waals surface area contributed by atoms with Crippen LogP contribution < -0.4 is 14.8 Å². The average Bonchev–Trinajstić information content (AvgIpc) is 3.47. The molecule has 4 aromatic rings. The number of allylic oxidation sites excluding steroid dienone is 2. The minimum Gasteiger partial charge on any atom is -0.490 e. The van der Waals surface area contributed by atoms with E-state index in [9.17, 15) is 0 Å². The van der Waals surface area contributed by atoms with Crippen molar-refractivity contribution in [2.24, 2.45) is 10.9 Å². The molecule has 1 aliphatic carbocycles. The number of hydrogen-bond acceptors (Lipinski definition) is 4. The van der Waals surface area contributed by atoms with Gasteiger partial charge in [-0.25, -0.2) is 0 Å². The highest BCUT2D eigenvalue weighted by Crippen LogP contribution is 2.49. The number of nitrogens with zero attached hydrogens (tertiary/aromatic N) is 1. The Morgan fingerprint density at radius 3 is 2.58 bits per heavy atom. The van der Waals surface area contributed by atoms with Crippen molar-refractivity contribution >= 4 is 33.5 Å². The minimum absolute atomic E-state index is 0.282. The largest absolute Gasteiger partial charge is 0.490 e. The van der Waals surface area contributed by atoms with E-state index in [1.165, 1.54) is 22.4 Å². The number of para-hydroxylation sites is 1. The maximum atomic E-state index is 6.16. The maximum absolute atomic E-state index is 6.16. The van der Waals surface area contributed by atoms with E-state index in [2.05, 4.69) is 113 Å². The third-order valence-corrected chi connectivity index (χ3v) is 8.31. The number of benzene rings is 4. The second-order valence-corrected chi connectivity index (χ2v) is 11.3. The Labute approximate surface area is 244 Å². The number of fused-ring (bicyclic) bond motifs is 3. The van der Waals surface area contributed by atoms with Crippen molar-refractivity contribution in [2.45, 2.75) is 38.8 Å². The summed E-state index contributed by atoms with van der Waals surface area (Å²) in [5, 5.41) is 3.81. The summed E-state index contributed by atoms with van der Waals surface area (Å²) < 4.78 is 12.9. The molecule has 4 aromatic carbocycles. The first-order chi connectivity index (χ1) is 19.6. The highest BCUT2D eigenvalue weighted by Gasteiger charge is 2.37. The lowest BCUT2D eigenvalue weighted by Gasteiger charge is -2.37. The number of rotatable bonds is 8. The number of anilines is 1. The highest BCUT2D eigenvalue weighted by atomic mass is 79.9. The van der Waals surface area contributed by atoms with Gasteiger partial charge in [-0.05, 0) is 94.7 Å². The van der Waals surface area contributed by atoms with Crippen molar-refractivity contribution < 1.29 is 9.47 Å². The number of halogens is 1. The Balaban J connectivity index is 1.17. The van der Waals surface area contributed by atoms with Gasteiger partial charge in [-0.3, -0.25) is 4.99 Å². The Kier molecular flexibility index (Phi) is 7.74. The molecule has 0 radical (unpaired) electrons. The normalized spacial score (nSPS) is 19.2. The lowest BCUT2D eigenvalue weighted by Crippen LogP contribution is -2.28. The van der Waals surface area contributed by atoms with Gasteiger partial charge in [0.2, 0.25) is 0 Å². The zero-order chi connectivity index (χ0) is 27.5. The molecule has 6 rings (SSSR count). The van der Waals surface area contributed by atoms with E-state index in [4.69, 9.17) is 14.5 Å². The molecule has 3 atom stereocenters. The van der Waals surface area contributed by atoms with Crippen molar-refractivity contribution in [3.8, 4) is 11.5 Å². The molecule has 0 amide bonds. The molecule has 40 heavy (non-hydrogen) atoms. The molecule has 0 bridgehead atoms. The fourth-order valence-corrected chi connectivity index (χ4v) is 6.27. The lowest BCUT2D eigenvalue weighted by atomic mass is 9.77. The van der Waals surface area contributed by atoms with Gasteiger partial charge in [0, 0.05) is 17.8 Å². The van der Waals surface area contributed by atoms with Crippen molar-refractivity contribution in [1.29, 1.82) is 0 Å². The summed E-state index contributed by atoms with van der Waals surface area (Å²) in [6, 6.07) is 29.9. The molecule has 202 valence electrons. The molecule has 0 saturated heterocycles. The summed E-state index contributed by atoms with van der Waals surface area (Å²) in [7, 11) is 0. The van der Waals surface area contributed by atoms with E-state index in [-0.39, 0.29) is 6.04 Å². The zero-order valence-corrected chi connectivity index (χ0v) is 24.4. The molecule has 0 unspecified atom stereocenters. The van der Waals surface area contributed by atoms with Crippen LogP contribution >= 0.6 is 15.9 Å². The molecule has 1 N–H and O–H groups in total. The van der Waals surface area contributed by atoms with E-state index in [0.29, 0.717) is 36.5 Å². The van der Waals surface area contributed by atoms with Crippen LogP contribution in [0.3, 0.4) is 0 Å². The van der Waals surface area contributed by atoms with Gasteiger partial charge in [0.05, 0.1) is 22.8 Å². The molecular formula is C35H33BrN2O2. The first kappa shape index (κ1) is 26.4. The predicted molar refractivity (Wildman–Crippen MR) is 167 cm³/mol. The van der Waals surface area contributed by atoms with Gasteiger partial charge in [-0.2, -0.15) is 0 Å². The zero-order valence-electron chi connectivity index (χ0n) is 22.8. The first-order valence-electron chi connectivity index (χ1n) is 13.9. The second-order valence-electron chi connectivity index (χ2n) is 10.4. The summed E-state index contributed by atoms with van der Waals surface area (Å²) in [5.41, 5.74) is 8.13. The molecule has 5 heteroatoms. The van der Waals surface area contributed by atoms with Crippen LogP contribution in [0.5, 0.6) is 11.5 Å². The van der Waals surface area contributed by atoms with Gasteiger partial charge in [0.25, 0.3) is 0 Å². The molecule has 1 heterocycles. The topological polar surface area (TPSA) is 42.8 Å². The summed E-state index contributed by atoms with van der Waals surface area (Å²) in [6.45, 7) is 5.08. The third kappa shape index (κ3) is 5.57. The molecule has 2 aliphatic rings. The molecule has 0 aromatic heterocycles. The van der Waals surface area contributed by atoms with Gasteiger partial charge in [0.15, 0.2) is 11.5 Å². The summed E-state index contributed by atoms with van der Waals surface area (Å²) in [4.78, 5) is 4.76. The van der Waals surface area contributed by atoms with Crippen LogP contribution in [-0.4, -0.2) is 12.8 Å². The van der Waals surface area contributed by atoms with E-state index < -0.39 is 0 Å². The van der Waals surface area contributed by atoms with E-state index in [1.54, 1.807) is 0 Å². The van der Waals surface area contributed by atoms with Crippen LogP contribution in [0.4, 0.5) is 11.4 Å². The van der Waals surface area contributed by atoms with Gasteiger partial charge in [0.1, 0.15) is 6.61 Å². The van der Waals surface area contributed by atoms with Crippen LogP contribution in [0, 0.1) is 12.8 Å². The molecule has 0 spiro atoms. The Hall–Kier alpha value is -3.83. The molecule has 1 aliphatic heterocycles. The van der Waals surface area contributed by atoms with Gasteiger partial charge < -0.3 is 14.8 Å². The molecule has 4 nitrogen and oxygen atoms in total. The Bertz CT molecular complexity index is 1540. The van der Waals surface area contributed by atoms with Crippen molar-refractivity contribution in [3.63, 3.8) is 0 Å². The SMILES string of the molecule is CCOc1cc(C=Nc2ccc([C@@H]3Nc4ccccc4[C@@H]4C=CC[C@@H]43)cc2)cc(Br)c1OCc1ccc(C)cc1. The molecule has 0 fully saturated rings. The predicted octanol–water partition coefficient (Wildman–Crippen LogP) is 9.31. The van der Waals surface area contributed by atoms with Crippen LogP contribution in [-0.2, 0) is 6.61 Å². The summed E-state index contributed by atoms with van der Waals surface area (Å²) >= 11 is 3.69. The van der Waals surface area contributed by atoms with Gasteiger partial charge in [-0.1, -0.05) is 72.3 Å². The fourth-order valence-electron chi connectivity index (χ4n) is 5.70. The van der Waals surface area contributed by atoms with Gasteiger partial charge in [-0.15, -0.1) is 0 Å². The number of aryl methyl sites for hydroxylation is 1. The summed E-state index contributed by atoms with van der Waals surface area (Å²) in [6.07, 6.45) is 7.68. The number of aliphatic imine (C=N–C) groups is 1. The number of nitrogens with one attached hydrogen (secondary N) is 1. The van der Waals surface area contributed by atoms with Crippen molar-refractivity contribution in [1.82, 2.24) is 0 Å². The van der Waals surface area contributed by atoms with Crippen LogP contribution in [0.25, 0.3) is 0 Å². The third-order valence-electron chi connectivity index (χ3n) is 7.72. The Morgan fingerprint density at radius 1 is 0.975 bits per heavy atom. The van der Waals surface area contributed by atoms with Crippen molar-refractivity contribution in [3.05, 3.63) is 129 Å². The summed E-state index contributed by atoms with van der Waals surface area (Å²) in [5.74, 6) is 2.40. The van der Waals surface area contributed by atoms with Crippen LogP contribution in [0.1, 0.15) is 53.1 Å². The standard InChI is InChI=1S/C35H33BrN2O2/c1-3-39-33-20-25(19-31(36)35(33)40-22-24-13-11-23(2)12-14-24)21-37-27-17-15-26(16-18-27)34-30-9-6-8-28(30)29-7-4-5-10-32(29)38-34/h4-8,10-21,28,30,34,38H,3,9,22H2,1-2H3/t28-,30-,34-/m0/s1. The number of ether oxygens (including phenoxy) is 2. The highest BCUT2D eigenvalue weighted by molar-refractivity contribution is 9.10. The molecule has 0 saturated carbocycles. The second kappa shape index (κ2) is 11.7. The monoisotopic (exact) mass is 592 g/mol.